The molecule has 340 valence electrons. The maximum absolute atomic E-state index is 15.8. The van der Waals surface area contributed by atoms with Gasteiger partial charge in [-0.1, -0.05) is 78.9 Å². The van der Waals surface area contributed by atoms with Crippen LogP contribution in [0.2, 0.25) is 0 Å². The van der Waals surface area contributed by atoms with Crippen LogP contribution in [0.15, 0.2) is 84.9 Å². The molecule has 3 aromatic rings. The average molecular weight is 879 g/mol. The number of hydroxylamine groups is 2. The van der Waals surface area contributed by atoms with E-state index in [1.807, 2.05) is 78.9 Å². The number of nitrogens with zero attached hydrogens (tertiary/aromatic N) is 3. The molecule has 0 radical (unpaired) electrons. The van der Waals surface area contributed by atoms with Crippen LogP contribution in [-0.2, 0) is 73.6 Å². The number of hydrogen-bond acceptors (Lipinski definition) is 12. The van der Waals surface area contributed by atoms with Crippen molar-refractivity contribution < 1.29 is 52.9 Å². The molecule has 5 aliphatic rings. The lowest BCUT2D eigenvalue weighted by molar-refractivity contribution is -0.218. The van der Waals surface area contributed by atoms with Crippen LogP contribution in [-0.4, -0.2) is 131 Å². The van der Waals surface area contributed by atoms with Crippen LogP contribution in [0, 0.1) is 5.41 Å². The summed E-state index contributed by atoms with van der Waals surface area (Å²) in [5.41, 5.74) is 2.06. The van der Waals surface area contributed by atoms with Crippen molar-refractivity contribution in [1.82, 2.24) is 20.2 Å². The Balaban J connectivity index is 1.14. The van der Waals surface area contributed by atoms with Crippen LogP contribution < -0.4 is 5.32 Å². The molecule has 1 saturated carbocycles. The molecule has 2 N–H and O–H groups in total. The molecule has 3 aromatic carbocycles. The summed E-state index contributed by atoms with van der Waals surface area (Å²) in [7, 11) is 4.87. The molecule has 15 heteroatoms. The number of rotatable bonds is 14. The summed E-state index contributed by atoms with van der Waals surface area (Å²) in [4.78, 5) is 79.9. The molecule has 8 rings (SSSR count). The lowest BCUT2D eigenvalue weighted by Gasteiger charge is -2.50. The van der Waals surface area contributed by atoms with E-state index in [2.05, 4.69) is 5.32 Å². The highest BCUT2D eigenvalue weighted by molar-refractivity contribution is 5.96. The fourth-order valence-electron chi connectivity index (χ4n) is 9.96. The Morgan fingerprint density at radius 2 is 1.59 bits per heavy atom. The predicted octanol–water partition coefficient (Wildman–Crippen LogP) is 3.54. The summed E-state index contributed by atoms with van der Waals surface area (Å²) in [6.07, 6.45) is 0.781. The number of nitrogens with one attached hydrogen (secondary N) is 1. The third-order valence-electron chi connectivity index (χ3n) is 13.0. The Morgan fingerprint density at radius 1 is 0.938 bits per heavy atom. The molecule has 8 atom stereocenters. The van der Waals surface area contributed by atoms with Crippen molar-refractivity contribution in [2.24, 2.45) is 5.41 Å². The Hall–Kier alpha value is -5.45. The Labute approximate surface area is 373 Å². The first-order chi connectivity index (χ1) is 30.5. The van der Waals surface area contributed by atoms with Gasteiger partial charge in [0.1, 0.15) is 41.5 Å². The average Bonchev–Trinajstić information content (AvgIpc) is 3.94. The first-order valence-electron chi connectivity index (χ1n) is 22.0. The van der Waals surface area contributed by atoms with E-state index in [0.29, 0.717) is 18.4 Å². The van der Waals surface area contributed by atoms with E-state index in [9.17, 15) is 24.3 Å². The quantitative estimate of drug-likeness (QED) is 0.179. The van der Waals surface area contributed by atoms with Crippen molar-refractivity contribution in [2.75, 3.05) is 27.7 Å². The van der Waals surface area contributed by atoms with E-state index in [1.165, 1.54) is 20.9 Å². The minimum Gasteiger partial charge on any atom is -0.460 e. The first-order valence-corrected chi connectivity index (χ1v) is 22.0. The van der Waals surface area contributed by atoms with Gasteiger partial charge in [-0.15, -0.1) is 0 Å². The molecule has 3 saturated heterocycles. The number of fused-ring (bicyclic) bond motifs is 5. The number of ether oxygens (including phenoxy) is 4. The molecule has 2 bridgehead atoms. The summed E-state index contributed by atoms with van der Waals surface area (Å²) in [5, 5.41) is 14.8. The van der Waals surface area contributed by atoms with Gasteiger partial charge in [-0.05, 0) is 61.1 Å². The number of likely N-dealkylation sites (N-methyl/N-ethyl adjacent to an activating group) is 2. The summed E-state index contributed by atoms with van der Waals surface area (Å²) in [6.45, 7) is 4.87. The molecule has 3 amide bonds. The van der Waals surface area contributed by atoms with Gasteiger partial charge in [-0.25, -0.2) is 0 Å². The van der Waals surface area contributed by atoms with E-state index < -0.39 is 89.7 Å². The fourth-order valence-corrected chi connectivity index (χ4v) is 9.96. The van der Waals surface area contributed by atoms with Crippen LogP contribution in [0.25, 0.3) is 6.08 Å². The van der Waals surface area contributed by atoms with Crippen molar-refractivity contribution >= 4 is 35.7 Å². The van der Waals surface area contributed by atoms with Crippen LogP contribution in [0.4, 0.5) is 0 Å². The van der Waals surface area contributed by atoms with Gasteiger partial charge >= 0.3 is 11.9 Å². The zero-order chi connectivity index (χ0) is 45.6. The van der Waals surface area contributed by atoms with Gasteiger partial charge in [0.25, 0.3) is 0 Å². The van der Waals surface area contributed by atoms with Gasteiger partial charge in [-0.2, -0.15) is 5.06 Å². The van der Waals surface area contributed by atoms with Gasteiger partial charge < -0.3 is 39.2 Å². The fraction of sp³-hybridized carbons (Fsp3) is 0.490. The van der Waals surface area contributed by atoms with Crippen molar-refractivity contribution in [3.05, 3.63) is 113 Å². The standard InChI is InChI=1S/C49H58N4O11/c1-47(2,3)61-39(56)23-21-35(29-54)50-44(57)36(24-30-14-8-7-9-15-30)52(6)46(59)49-27-37-40-41(63-48(62-40)25-32-17-11-12-18-33(32)26-48)43(49)64-53(42(49)45(58)60-37)28-34-19-13-10-16-31(34)20-22-38(55)51(4)5/h7-20,22,35-37,40-43,54H,21,23-29H2,1-6H3,(H,50,57)/t35-,36+,37+,40-,41-,42-,43+,49-/m0/s1. The van der Waals surface area contributed by atoms with Gasteiger partial charge in [-0.3, -0.25) is 28.8 Å². The number of hydrogen-bond donors (Lipinski definition) is 2. The topological polar surface area (TPSA) is 173 Å². The molecule has 0 aromatic heterocycles. The SMILES string of the molecule is CN(C)C(=O)C=Cc1ccccc1CN1O[C@@H]2[C@H]3OC4(Cc5ccccc5C4)O[C@H]3[C@H]3C[C@]2(C(=O)N(C)[C@H](Cc2ccccc2)C(=O)N[C@H](CO)CCC(=O)OC(C)(C)C)[C@@H]1C(=O)O3. The minimum absolute atomic E-state index is 0.0366. The Bertz CT molecular complexity index is 2270. The normalized spacial score (nSPS) is 26.2. The van der Waals surface area contributed by atoms with E-state index in [4.69, 9.17) is 23.8 Å². The second-order valence-corrected chi connectivity index (χ2v) is 18.8. The molecular formula is C49H58N4O11. The molecule has 4 fully saturated rings. The second-order valence-electron chi connectivity index (χ2n) is 18.8. The molecule has 2 aliphatic carbocycles. The molecule has 0 unspecified atom stereocenters. The highest BCUT2D eigenvalue weighted by Gasteiger charge is 2.77. The maximum atomic E-state index is 15.8. The largest absolute Gasteiger partial charge is 0.460 e. The van der Waals surface area contributed by atoms with Gasteiger partial charge in [0.15, 0.2) is 11.8 Å². The van der Waals surface area contributed by atoms with Crippen LogP contribution >= 0.6 is 0 Å². The van der Waals surface area contributed by atoms with Crippen molar-refractivity contribution in [2.45, 2.75) is 120 Å². The van der Waals surface area contributed by atoms with E-state index in [1.54, 1.807) is 48.0 Å². The summed E-state index contributed by atoms with van der Waals surface area (Å²) < 4.78 is 25.5. The number of carbonyl (C=O) groups excluding carboxylic acids is 5. The lowest BCUT2D eigenvalue weighted by Crippen LogP contribution is -2.70. The second kappa shape index (κ2) is 17.8. The smallest absolute Gasteiger partial charge is 0.327 e. The van der Waals surface area contributed by atoms with Crippen LogP contribution in [0.3, 0.4) is 0 Å². The lowest BCUT2D eigenvalue weighted by atomic mass is 9.62. The van der Waals surface area contributed by atoms with Crippen LogP contribution in [0.5, 0.6) is 0 Å². The maximum Gasteiger partial charge on any atom is 0.327 e. The number of aliphatic hydroxyl groups excluding tert-OH is 1. The Morgan fingerprint density at radius 3 is 2.27 bits per heavy atom. The summed E-state index contributed by atoms with van der Waals surface area (Å²) >= 11 is 0. The van der Waals surface area contributed by atoms with Gasteiger partial charge in [0.05, 0.1) is 19.2 Å². The van der Waals surface area contributed by atoms with E-state index in [0.717, 1.165) is 22.3 Å². The molecule has 64 heavy (non-hydrogen) atoms. The van der Waals surface area contributed by atoms with E-state index >= 15 is 4.79 Å². The monoisotopic (exact) mass is 878 g/mol. The van der Waals surface area contributed by atoms with Crippen molar-refractivity contribution in [1.29, 1.82) is 0 Å². The number of carbonyl (C=O) groups is 5. The number of amides is 3. The third-order valence-corrected chi connectivity index (χ3v) is 13.0. The molecule has 3 heterocycles. The molecular weight excluding hydrogens is 821 g/mol. The minimum atomic E-state index is -1.61. The highest BCUT2D eigenvalue weighted by atomic mass is 16.8. The van der Waals surface area contributed by atoms with E-state index in [-0.39, 0.29) is 38.1 Å². The van der Waals surface area contributed by atoms with Crippen molar-refractivity contribution in [3.8, 4) is 0 Å². The summed E-state index contributed by atoms with van der Waals surface area (Å²) in [6, 6.07) is 21.5. The van der Waals surface area contributed by atoms with Crippen molar-refractivity contribution in [3.63, 3.8) is 0 Å². The van der Waals surface area contributed by atoms with Gasteiger partial charge in [0.2, 0.25) is 17.7 Å². The van der Waals surface area contributed by atoms with Gasteiger partial charge in [0, 0.05) is 59.3 Å². The number of benzene rings is 3. The number of aliphatic hydroxyl groups is 1. The molecule has 15 nitrogen and oxygen atoms in total. The predicted molar refractivity (Wildman–Crippen MR) is 232 cm³/mol. The zero-order valence-electron chi connectivity index (χ0n) is 37.2. The highest BCUT2D eigenvalue weighted by Crippen LogP contribution is 2.59. The zero-order valence-corrected chi connectivity index (χ0v) is 37.2. The first kappa shape index (κ1) is 45.1. The molecule has 1 spiro atoms. The Kier molecular flexibility index (Phi) is 12.6. The summed E-state index contributed by atoms with van der Waals surface area (Å²) in [5.74, 6) is -3.48. The number of esters is 2. The van der Waals surface area contributed by atoms with Crippen LogP contribution in [0.1, 0.15) is 67.9 Å². The molecule has 3 aliphatic heterocycles. The third kappa shape index (κ3) is 8.83.